The van der Waals surface area contributed by atoms with E-state index in [-0.39, 0.29) is 0 Å². The highest BCUT2D eigenvalue weighted by Crippen LogP contribution is 2.37. The Balaban J connectivity index is 0.000000204. The summed E-state index contributed by atoms with van der Waals surface area (Å²) < 4.78 is 0. The Kier molecular flexibility index (Phi) is 7.39. The molecular formula is C24H23ClN2OS. The minimum Gasteiger partial charge on any atom is -0.378 e. The minimum absolute atomic E-state index is 0.523. The number of nitrogens with zero attached hydrogens (tertiary/aromatic N) is 1. The quantitative estimate of drug-likeness (QED) is 0.458. The van der Waals surface area contributed by atoms with Crippen molar-refractivity contribution in [2.45, 2.75) is 19.8 Å². The highest BCUT2D eigenvalue weighted by atomic mass is 35.5. The van der Waals surface area contributed by atoms with E-state index in [1.54, 1.807) is 23.5 Å². The molecule has 1 heterocycles. The van der Waals surface area contributed by atoms with Gasteiger partial charge in [0.25, 0.3) is 0 Å². The summed E-state index contributed by atoms with van der Waals surface area (Å²) in [7, 11) is 1.96. The average molecular weight is 423 g/mol. The summed E-state index contributed by atoms with van der Waals surface area (Å²) in [6.45, 7) is 1.93. The zero-order chi connectivity index (χ0) is 20.6. The Morgan fingerprint density at radius 1 is 1.17 bits per heavy atom. The first-order chi connectivity index (χ1) is 14.1. The summed E-state index contributed by atoms with van der Waals surface area (Å²) in [4.78, 5) is 15.1. The van der Waals surface area contributed by atoms with Crippen molar-refractivity contribution in [3.63, 3.8) is 0 Å². The standard InChI is InChI=1S/C16H16N2S.C8H7ClO/c1-17-16-14(12-8-4-2-5-9-12)18-15(19-16)13-10-6-3-7-11-13;1-6-2-3-7(5-10)8(9)4-6/h2-4,6-8,10-11,17H,5,9H2,1H3;2-5H,1H3. The van der Waals surface area contributed by atoms with Crippen molar-refractivity contribution < 1.29 is 4.79 Å². The van der Waals surface area contributed by atoms with Gasteiger partial charge in [-0.05, 0) is 43.0 Å². The van der Waals surface area contributed by atoms with Crippen molar-refractivity contribution >= 4 is 39.8 Å². The predicted octanol–water partition coefficient (Wildman–Crippen LogP) is 7.05. The number of allylic oxidation sites excluding steroid dienone is 4. The second kappa shape index (κ2) is 10.2. The van der Waals surface area contributed by atoms with Crippen LogP contribution in [0.1, 0.15) is 34.5 Å². The van der Waals surface area contributed by atoms with Gasteiger partial charge in [-0.2, -0.15) is 0 Å². The maximum atomic E-state index is 10.3. The van der Waals surface area contributed by atoms with Crippen LogP contribution in [-0.2, 0) is 0 Å². The fourth-order valence-electron chi connectivity index (χ4n) is 2.94. The number of halogens is 1. The van der Waals surface area contributed by atoms with Crippen LogP contribution in [0, 0.1) is 6.92 Å². The summed E-state index contributed by atoms with van der Waals surface area (Å²) in [6.07, 6.45) is 9.43. The van der Waals surface area contributed by atoms with Crippen molar-refractivity contribution in [1.29, 1.82) is 0 Å². The lowest BCUT2D eigenvalue weighted by Gasteiger charge is -2.07. The molecule has 5 heteroatoms. The largest absolute Gasteiger partial charge is 0.378 e. The smallest absolute Gasteiger partial charge is 0.151 e. The van der Waals surface area contributed by atoms with Gasteiger partial charge >= 0.3 is 0 Å². The molecule has 2 aromatic carbocycles. The second-order valence-electron chi connectivity index (χ2n) is 6.61. The summed E-state index contributed by atoms with van der Waals surface area (Å²) in [5.41, 5.74) is 5.23. The van der Waals surface area contributed by atoms with Crippen LogP contribution >= 0.6 is 22.9 Å². The summed E-state index contributed by atoms with van der Waals surface area (Å²) in [6, 6.07) is 15.7. The number of carbonyl (C=O) groups is 1. The Morgan fingerprint density at radius 3 is 2.59 bits per heavy atom. The molecular weight excluding hydrogens is 400 g/mol. The Hall–Kier alpha value is -2.69. The van der Waals surface area contributed by atoms with Gasteiger partial charge < -0.3 is 5.32 Å². The molecule has 0 amide bonds. The van der Waals surface area contributed by atoms with Crippen LogP contribution in [0.3, 0.4) is 0 Å². The summed E-state index contributed by atoms with van der Waals surface area (Å²) in [5.74, 6) is 0. The van der Waals surface area contributed by atoms with Crippen molar-refractivity contribution in [3.05, 3.63) is 88.6 Å². The molecule has 0 atom stereocenters. The normalized spacial score (nSPS) is 12.6. The van der Waals surface area contributed by atoms with Crippen LogP contribution in [0.2, 0.25) is 5.02 Å². The second-order valence-corrected chi connectivity index (χ2v) is 8.02. The summed E-state index contributed by atoms with van der Waals surface area (Å²) >= 11 is 7.42. The zero-order valence-corrected chi connectivity index (χ0v) is 18.1. The minimum atomic E-state index is 0.523. The molecule has 1 N–H and O–H groups in total. The fourth-order valence-corrected chi connectivity index (χ4v) is 4.18. The number of rotatable bonds is 4. The van der Waals surface area contributed by atoms with E-state index < -0.39 is 0 Å². The molecule has 3 nitrogen and oxygen atoms in total. The molecule has 1 aliphatic rings. The maximum absolute atomic E-state index is 10.3. The highest BCUT2D eigenvalue weighted by Gasteiger charge is 2.15. The number of anilines is 1. The lowest BCUT2D eigenvalue weighted by molar-refractivity contribution is 0.112. The first-order valence-electron chi connectivity index (χ1n) is 9.43. The molecule has 1 aliphatic carbocycles. The summed E-state index contributed by atoms with van der Waals surface area (Å²) in [5, 5.41) is 6.03. The molecule has 29 heavy (non-hydrogen) atoms. The molecule has 0 bridgehead atoms. The molecule has 1 aromatic heterocycles. The third kappa shape index (κ3) is 5.43. The third-order valence-electron chi connectivity index (χ3n) is 4.48. The molecule has 0 aliphatic heterocycles. The van der Waals surface area contributed by atoms with Crippen molar-refractivity contribution in [1.82, 2.24) is 4.98 Å². The first-order valence-corrected chi connectivity index (χ1v) is 10.6. The number of benzene rings is 2. The SMILES string of the molecule is CNc1sc(-c2ccccc2)nc1C1=CC=CCC1.Cc1ccc(C=O)c(Cl)c1. The molecule has 0 radical (unpaired) electrons. The van der Waals surface area contributed by atoms with Crippen LogP contribution in [0.5, 0.6) is 0 Å². The van der Waals surface area contributed by atoms with E-state index in [1.807, 2.05) is 26.1 Å². The van der Waals surface area contributed by atoms with Crippen LogP contribution in [0.15, 0.2) is 66.8 Å². The van der Waals surface area contributed by atoms with Gasteiger partial charge in [0.2, 0.25) is 0 Å². The number of aromatic nitrogens is 1. The van der Waals surface area contributed by atoms with Gasteiger partial charge in [0.1, 0.15) is 15.7 Å². The molecule has 0 fully saturated rings. The number of carbonyl (C=O) groups excluding carboxylic acids is 1. The Labute approximate surface area is 180 Å². The van der Waals surface area contributed by atoms with E-state index >= 15 is 0 Å². The fraction of sp³-hybridized carbons (Fsp3) is 0.167. The van der Waals surface area contributed by atoms with Gasteiger partial charge in [0.05, 0.1) is 5.02 Å². The van der Waals surface area contributed by atoms with Crippen LogP contribution in [-0.4, -0.2) is 18.3 Å². The van der Waals surface area contributed by atoms with Gasteiger partial charge in [-0.25, -0.2) is 4.98 Å². The van der Waals surface area contributed by atoms with E-state index in [0.29, 0.717) is 10.6 Å². The van der Waals surface area contributed by atoms with Gasteiger partial charge in [-0.3, -0.25) is 4.79 Å². The highest BCUT2D eigenvalue weighted by molar-refractivity contribution is 7.19. The van der Waals surface area contributed by atoms with Gasteiger partial charge in [0.15, 0.2) is 6.29 Å². The zero-order valence-electron chi connectivity index (χ0n) is 16.5. The molecule has 0 unspecified atom stereocenters. The van der Waals surface area contributed by atoms with Crippen LogP contribution in [0.25, 0.3) is 16.1 Å². The van der Waals surface area contributed by atoms with Gasteiger partial charge in [-0.1, -0.05) is 77.6 Å². The van der Waals surface area contributed by atoms with Crippen molar-refractivity contribution in [3.8, 4) is 10.6 Å². The van der Waals surface area contributed by atoms with E-state index in [4.69, 9.17) is 16.6 Å². The number of aryl methyl sites for hydroxylation is 1. The maximum Gasteiger partial charge on any atom is 0.151 e. The Morgan fingerprint density at radius 2 is 1.97 bits per heavy atom. The van der Waals surface area contributed by atoms with E-state index in [1.165, 1.54) is 11.1 Å². The van der Waals surface area contributed by atoms with Crippen LogP contribution in [0.4, 0.5) is 5.00 Å². The lowest BCUT2D eigenvalue weighted by atomic mass is 10.0. The topological polar surface area (TPSA) is 42.0 Å². The van der Waals surface area contributed by atoms with Gasteiger partial charge in [-0.15, -0.1) is 0 Å². The number of nitrogens with one attached hydrogen (secondary N) is 1. The van der Waals surface area contributed by atoms with Crippen molar-refractivity contribution in [2.75, 3.05) is 12.4 Å². The molecule has 0 spiro atoms. The predicted molar refractivity (Wildman–Crippen MR) is 125 cm³/mol. The monoisotopic (exact) mass is 422 g/mol. The Bertz CT molecular complexity index is 1040. The molecule has 0 saturated heterocycles. The number of thiazole rings is 1. The van der Waals surface area contributed by atoms with Gasteiger partial charge in [0, 0.05) is 18.2 Å². The van der Waals surface area contributed by atoms with Crippen molar-refractivity contribution in [2.24, 2.45) is 0 Å². The third-order valence-corrected chi connectivity index (χ3v) is 5.93. The lowest BCUT2D eigenvalue weighted by Crippen LogP contribution is -1.94. The number of hydrogen-bond acceptors (Lipinski definition) is 4. The first kappa shape index (κ1) is 21.0. The van der Waals surface area contributed by atoms with E-state index in [2.05, 4.69) is 47.8 Å². The van der Waals surface area contributed by atoms with E-state index in [0.717, 1.165) is 40.4 Å². The number of hydrogen-bond donors (Lipinski definition) is 1. The molecule has 0 saturated carbocycles. The average Bonchev–Trinajstić information content (AvgIpc) is 3.20. The van der Waals surface area contributed by atoms with Crippen LogP contribution < -0.4 is 5.32 Å². The van der Waals surface area contributed by atoms with E-state index in [9.17, 15) is 4.79 Å². The molecule has 3 aromatic rings. The molecule has 148 valence electrons. The number of aldehydes is 1. The molecule has 4 rings (SSSR count).